The van der Waals surface area contributed by atoms with Crippen LogP contribution in [0, 0.1) is 0 Å². The lowest BCUT2D eigenvalue weighted by Crippen LogP contribution is -2.26. The Morgan fingerprint density at radius 2 is 1.91 bits per heavy atom. The molecule has 0 spiro atoms. The summed E-state index contributed by atoms with van der Waals surface area (Å²) in [6.45, 7) is 3.87. The summed E-state index contributed by atoms with van der Waals surface area (Å²) < 4.78 is 0. The molecule has 0 atom stereocenters. The number of hydrogen-bond acceptors (Lipinski definition) is 2. The highest BCUT2D eigenvalue weighted by Gasteiger charge is 2.03. The Morgan fingerprint density at radius 1 is 1.36 bits per heavy atom. The van der Waals surface area contributed by atoms with E-state index in [9.17, 15) is 9.59 Å². The molecule has 0 unspecified atom stereocenters. The van der Waals surface area contributed by atoms with Gasteiger partial charge in [-0.25, -0.2) is 0 Å². The number of amides is 1. The quantitative estimate of drug-likeness (QED) is 0.606. The number of carbonyl (C=O) groups excluding carboxylic acids is 2. The van der Waals surface area contributed by atoms with Gasteiger partial charge in [0.2, 0.25) is 5.91 Å². The second-order valence-electron chi connectivity index (χ2n) is 2.58. The summed E-state index contributed by atoms with van der Waals surface area (Å²) in [4.78, 5) is 23.0. The molecule has 0 saturated carbocycles. The molecular weight excluding hydrogens is 142 g/mol. The van der Waals surface area contributed by atoms with Crippen LogP contribution in [0.3, 0.4) is 0 Å². The van der Waals surface area contributed by atoms with Gasteiger partial charge >= 0.3 is 0 Å². The number of rotatable bonds is 4. The van der Waals surface area contributed by atoms with E-state index in [4.69, 9.17) is 0 Å². The summed E-state index contributed by atoms with van der Waals surface area (Å²) in [5.41, 5.74) is 0. The molecule has 1 amide bonds. The lowest BCUT2D eigenvalue weighted by atomic mass is 10.2. The first kappa shape index (κ1) is 10.1. The monoisotopic (exact) mass is 157 g/mol. The average Bonchev–Trinajstić information content (AvgIpc) is 1.99. The minimum atomic E-state index is 0.00824. The van der Waals surface area contributed by atoms with E-state index in [1.54, 1.807) is 11.9 Å². The van der Waals surface area contributed by atoms with Crippen LogP contribution in [0.4, 0.5) is 0 Å². The van der Waals surface area contributed by atoms with Crippen LogP contribution in [-0.2, 0) is 9.59 Å². The summed E-state index contributed by atoms with van der Waals surface area (Å²) in [7, 11) is 1.70. The van der Waals surface area contributed by atoms with Crippen molar-refractivity contribution in [2.24, 2.45) is 0 Å². The van der Waals surface area contributed by atoms with Crippen LogP contribution >= 0.6 is 0 Å². The molecule has 0 aliphatic heterocycles. The third-order valence-electron chi connectivity index (χ3n) is 1.66. The summed E-state index contributed by atoms with van der Waals surface area (Å²) in [5.74, 6) is 0.215. The maximum absolute atomic E-state index is 10.8. The summed E-state index contributed by atoms with van der Waals surface area (Å²) in [6, 6.07) is 0. The van der Waals surface area contributed by atoms with Crippen LogP contribution in [0.25, 0.3) is 0 Å². The van der Waals surface area contributed by atoms with Crippen LogP contribution in [0.15, 0.2) is 0 Å². The molecule has 0 rings (SSSR count). The predicted molar refractivity (Wildman–Crippen MR) is 43.2 cm³/mol. The fraction of sp³-hybridized carbons (Fsp3) is 0.750. The van der Waals surface area contributed by atoms with Crippen molar-refractivity contribution in [1.82, 2.24) is 4.90 Å². The molecule has 0 aliphatic carbocycles. The van der Waals surface area contributed by atoms with Gasteiger partial charge in [-0.3, -0.25) is 9.59 Å². The Balaban J connectivity index is 3.54. The molecule has 3 nitrogen and oxygen atoms in total. The Bertz CT molecular complexity index is 154. The second kappa shape index (κ2) is 4.88. The number of ketones is 1. The third kappa shape index (κ3) is 4.53. The average molecular weight is 157 g/mol. The molecule has 0 aliphatic rings. The Kier molecular flexibility index (Phi) is 4.50. The zero-order valence-electron chi connectivity index (χ0n) is 7.39. The van der Waals surface area contributed by atoms with E-state index in [0.29, 0.717) is 19.4 Å². The van der Waals surface area contributed by atoms with Crippen LogP contribution in [0.2, 0.25) is 0 Å². The van der Waals surface area contributed by atoms with Crippen molar-refractivity contribution >= 4 is 11.7 Å². The lowest BCUT2D eigenvalue weighted by molar-refractivity contribution is -0.128. The molecule has 0 bridgehead atoms. The third-order valence-corrected chi connectivity index (χ3v) is 1.66. The number of carbonyl (C=O) groups is 2. The van der Waals surface area contributed by atoms with Gasteiger partial charge in [-0.05, 0) is 0 Å². The maximum Gasteiger partial charge on any atom is 0.219 e. The van der Waals surface area contributed by atoms with E-state index in [-0.39, 0.29) is 11.7 Å². The van der Waals surface area contributed by atoms with Gasteiger partial charge in [-0.15, -0.1) is 0 Å². The molecule has 0 saturated heterocycles. The van der Waals surface area contributed by atoms with Gasteiger partial charge in [0.25, 0.3) is 0 Å². The molecule has 0 aromatic rings. The van der Waals surface area contributed by atoms with Crippen LogP contribution < -0.4 is 0 Å². The van der Waals surface area contributed by atoms with Crippen LogP contribution in [-0.4, -0.2) is 30.2 Å². The van der Waals surface area contributed by atoms with E-state index >= 15 is 0 Å². The normalized spacial score (nSPS) is 9.36. The van der Waals surface area contributed by atoms with Gasteiger partial charge in [0, 0.05) is 33.4 Å². The zero-order chi connectivity index (χ0) is 8.85. The molecule has 0 aromatic heterocycles. The van der Waals surface area contributed by atoms with E-state index in [2.05, 4.69) is 0 Å². The first-order valence-electron chi connectivity index (χ1n) is 3.81. The Labute approximate surface area is 67.4 Å². The molecule has 0 aromatic carbocycles. The minimum absolute atomic E-state index is 0.00824. The van der Waals surface area contributed by atoms with Crippen molar-refractivity contribution in [3.05, 3.63) is 0 Å². The van der Waals surface area contributed by atoms with Gasteiger partial charge in [-0.2, -0.15) is 0 Å². The molecule has 11 heavy (non-hydrogen) atoms. The van der Waals surface area contributed by atoms with Gasteiger partial charge in [0.05, 0.1) is 0 Å². The highest BCUT2D eigenvalue weighted by molar-refractivity contribution is 5.79. The lowest BCUT2D eigenvalue weighted by Gasteiger charge is -2.12. The highest BCUT2D eigenvalue weighted by Crippen LogP contribution is 1.92. The van der Waals surface area contributed by atoms with Crippen molar-refractivity contribution < 1.29 is 9.59 Å². The van der Waals surface area contributed by atoms with Gasteiger partial charge in [0.15, 0.2) is 0 Å². The largest absolute Gasteiger partial charge is 0.346 e. The molecule has 0 radical (unpaired) electrons. The van der Waals surface area contributed by atoms with Crippen molar-refractivity contribution in [3.8, 4) is 0 Å². The number of hydrogen-bond donors (Lipinski definition) is 0. The van der Waals surface area contributed by atoms with Crippen LogP contribution in [0.5, 0.6) is 0 Å². The summed E-state index contributed by atoms with van der Waals surface area (Å²) >= 11 is 0. The standard InChI is InChI=1S/C8H15NO2/c1-4-8(11)5-6-9(3)7(2)10/h4-6H2,1-3H3. The summed E-state index contributed by atoms with van der Waals surface area (Å²) in [6.07, 6.45) is 1.04. The highest BCUT2D eigenvalue weighted by atomic mass is 16.2. The first-order chi connectivity index (χ1) is 5.07. The topological polar surface area (TPSA) is 37.4 Å². The van der Waals surface area contributed by atoms with Gasteiger partial charge in [0.1, 0.15) is 5.78 Å². The fourth-order valence-electron chi connectivity index (χ4n) is 0.627. The van der Waals surface area contributed by atoms with E-state index in [1.807, 2.05) is 6.92 Å². The van der Waals surface area contributed by atoms with E-state index in [0.717, 1.165) is 0 Å². The molecular formula is C8H15NO2. The van der Waals surface area contributed by atoms with E-state index in [1.165, 1.54) is 6.92 Å². The van der Waals surface area contributed by atoms with Crippen LogP contribution in [0.1, 0.15) is 26.7 Å². The molecule has 3 heteroatoms. The van der Waals surface area contributed by atoms with Crippen molar-refractivity contribution in [1.29, 1.82) is 0 Å². The van der Waals surface area contributed by atoms with Crippen molar-refractivity contribution in [2.75, 3.05) is 13.6 Å². The minimum Gasteiger partial charge on any atom is -0.346 e. The van der Waals surface area contributed by atoms with Crippen molar-refractivity contribution in [2.45, 2.75) is 26.7 Å². The molecule has 0 fully saturated rings. The first-order valence-corrected chi connectivity index (χ1v) is 3.81. The zero-order valence-corrected chi connectivity index (χ0v) is 7.39. The SMILES string of the molecule is CCC(=O)CCN(C)C(C)=O. The van der Waals surface area contributed by atoms with Crippen molar-refractivity contribution in [3.63, 3.8) is 0 Å². The number of nitrogens with zero attached hydrogens (tertiary/aromatic N) is 1. The predicted octanol–water partition coefficient (Wildman–Crippen LogP) is 0.834. The number of Topliss-reactive ketones (excluding diaryl/α,β-unsaturated/α-hetero) is 1. The molecule has 0 N–H and O–H groups in total. The second-order valence-corrected chi connectivity index (χ2v) is 2.58. The maximum atomic E-state index is 10.8. The molecule has 0 heterocycles. The smallest absolute Gasteiger partial charge is 0.219 e. The molecule has 64 valence electrons. The Hall–Kier alpha value is -0.860. The fourth-order valence-corrected chi connectivity index (χ4v) is 0.627. The summed E-state index contributed by atoms with van der Waals surface area (Å²) in [5, 5.41) is 0. The van der Waals surface area contributed by atoms with Gasteiger partial charge < -0.3 is 4.90 Å². The Morgan fingerprint density at radius 3 is 2.27 bits per heavy atom. The van der Waals surface area contributed by atoms with E-state index < -0.39 is 0 Å². The van der Waals surface area contributed by atoms with Gasteiger partial charge in [-0.1, -0.05) is 6.92 Å².